The summed E-state index contributed by atoms with van der Waals surface area (Å²) in [6.07, 6.45) is 1.90. The number of hydrogen-bond acceptors (Lipinski definition) is 2. The van der Waals surface area contributed by atoms with Gasteiger partial charge in [0.15, 0.2) is 0 Å². The van der Waals surface area contributed by atoms with Gasteiger partial charge in [-0.2, -0.15) is 5.10 Å². The molecule has 5 heteroatoms. The molecule has 1 aromatic heterocycles. The first-order valence-electron chi connectivity index (χ1n) is 4.79. The Bertz CT molecular complexity index is 500. The summed E-state index contributed by atoms with van der Waals surface area (Å²) in [6, 6.07) is 5.53. The molecule has 0 unspecified atom stereocenters. The van der Waals surface area contributed by atoms with E-state index in [1.807, 2.05) is 25.3 Å². The van der Waals surface area contributed by atoms with E-state index in [4.69, 9.17) is 28.9 Å². The molecule has 3 nitrogen and oxygen atoms in total. The van der Waals surface area contributed by atoms with E-state index in [2.05, 4.69) is 5.10 Å². The fourth-order valence-corrected chi connectivity index (χ4v) is 1.76. The van der Waals surface area contributed by atoms with Crippen molar-refractivity contribution in [3.8, 4) is 0 Å². The topological polar surface area (TPSA) is 43.8 Å². The number of rotatable bonds is 2. The quantitative estimate of drug-likeness (QED) is 0.897. The third-order valence-corrected chi connectivity index (χ3v) is 3.05. The molecular weight excluding hydrogens is 245 g/mol. The Morgan fingerprint density at radius 2 is 2.06 bits per heavy atom. The van der Waals surface area contributed by atoms with Crippen LogP contribution in [0.1, 0.15) is 11.1 Å². The van der Waals surface area contributed by atoms with E-state index in [0.717, 1.165) is 11.1 Å². The number of aryl methyl sites for hydroxylation is 1. The Kier molecular flexibility index (Phi) is 3.08. The van der Waals surface area contributed by atoms with Gasteiger partial charge in [-0.15, -0.1) is 0 Å². The largest absolute Gasteiger partial charge is 0.382 e. The van der Waals surface area contributed by atoms with Crippen molar-refractivity contribution in [3.63, 3.8) is 0 Å². The lowest BCUT2D eigenvalue weighted by Gasteiger charge is -2.03. The standard InChI is InChI=1S/C11H11Cl2N3/c1-7-5-16(15-11(7)14)6-8-2-3-9(12)10(13)4-8/h2-5H,6H2,1H3,(H2,14,15). The monoisotopic (exact) mass is 255 g/mol. The molecule has 2 N–H and O–H groups in total. The van der Waals surface area contributed by atoms with Crippen LogP contribution in [0.25, 0.3) is 0 Å². The molecule has 2 aromatic rings. The molecule has 0 saturated heterocycles. The smallest absolute Gasteiger partial charge is 0.148 e. The first kappa shape index (κ1) is 11.3. The van der Waals surface area contributed by atoms with E-state index >= 15 is 0 Å². The maximum Gasteiger partial charge on any atom is 0.148 e. The second kappa shape index (κ2) is 4.36. The molecule has 0 saturated carbocycles. The van der Waals surface area contributed by atoms with Gasteiger partial charge in [0.25, 0.3) is 0 Å². The highest BCUT2D eigenvalue weighted by molar-refractivity contribution is 6.42. The van der Waals surface area contributed by atoms with E-state index < -0.39 is 0 Å². The Morgan fingerprint density at radius 1 is 1.31 bits per heavy atom. The lowest BCUT2D eigenvalue weighted by Crippen LogP contribution is -2.01. The molecular formula is C11H11Cl2N3. The van der Waals surface area contributed by atoms with Gasteiger partial charge in [-0.3, -0.25) is 4.68 Å². The first-order chi connectivity index (χ1) is 7.56. The average molecular weight is 256 g/mol. The molecule has 1 heterocycles. The fraction of sp³-hybridized carbons (Fsp3) is 0.182. The van der Waals surface area contributed by atoms with Crippen molar-refractivity contribution in [2.45, 2.75) is 13.5 Å². The van der Waals surface area contributed by atoms with Crippen LogP contribution in [0.3, 0.4) is 0 Å². The van der Waals surface area contributed by atoms with Gasteiger partial charge >= 0.3 is 0 Å². The van der Waals surface area contributed by atoms with Crippen LogP contribution in [0.2, 0.25) is 10.0 Å². The number of aromatic nitrogens is 2. The average Bonchev–Trinajstić information content (AvgIpc) is 2.52. The van der Waals surface area contributed by atoms with Crippen LogP contribution >= 0.6 is 23.2 Å². The Labute approximate surface area is 104 Å². The molecule has 1 aromatic carbocycles. The van der Waals surface area contributed by atoms with Crippen molar-refractivity contribution < 1.29 is 0 Å². The molecule has 0 amide bonds. The summed E-state index contributed by atoms with van der Waals surface area (Å²) in [4.78, 5) is 0. The molecule has 2 rings (SSSR count). The van der Waals surface area contributed by atoms with Crippen molar-refractivity contribution in [2.75, 3.05) is 5.73 Å². The maximum atomic E-state index is 5.93. The molecule has 0 aliphatic carbocycles. The lowest BCUT2D eigenvalue weighted by atomic mass is 10.2. The van der Waals surface area contributed by atoms with Gasteiger partial charge in [-0.05, 0) is 24.6 Å². The molecule has 0 spiro atoms. The van der Waals surface area contributed by atoms with Crippen molar-refractivity contribution in [2.24, 2.45) is 0 Å². The molecule has 0 aliphatic heterocycles. The van der Waals surface area contributed by atoms with Crippen molar-refractivity contribution in [1.82, 2.24) is 9.78 Å². The van der Waals surface area contributed by atoms with E-state index in [9.17, 15) is 0 Å². The van der Waals surface area contributed by atoms with Crippen LogP contribution in [0.4, 0.5) is 5.82 Å². The SMILES string of the molecule is Cc1cn(Cc2ccc(Cl)c(Cl)c2)nc1N. The van der Waals surface area contributed by atoms with Gasteiger partial charge in [-0.25, -0.2) is 0 Å². The van der Waals surface area contributed by atoms with Gasteiger partial charge < -0.3 is 5.73 Å². The zero-order valence-corrected chi connectivity index (χ0v) is 10.3. The molecule has 0 bridgehead atoms. The molecule has 0 aliphatic rings. The van der Waals surface area contributed by atoms with Crippen LogP contribution in [0, 0.1) is 6.92 Å². The zero-order valence-electron chi connectivity index (χ0n) is 8.74. The number of nitrogens with two attached hydrogens (primary N) is 1. The third-order valence-electron chi connectivity index (χ3n) is 2.31. The summed E-state index contributed by atoms with van der Waals surface area (Å²) in [7, 11) is 0. The number of hydrogen-bond donors (Lipinski definition) is 1. The van der Waals surface area contributed by atoms with Gasteiger partial charge in [0, 0.05) is 11.8 Å². The van der Waals surface area contributed by atoms with Gasteiger partial charge in [0.2, 0.25) is 0 Å². The molecule has 0 radical (unpaired) electrons. The predicted molar refractivity (Wildman–Crippen MR) is 66.9 cm³/mol. The normalized spacial score (nSPS) is 10.7. The first-order valence-corrected chi connectivity index (χ1v) is 5.55. The fourth-order valence-electron chi connectivity index (χ4n) is 1.44. The minimum absolute atomic E-state index is 0.552. The Hall–Kier alpha value is -1.19. The van der Waals surface area contributed by atoms with E-state index in [-0.39, 0.29) is 0 Å². The number of nitrogens with zero attached hydrogens (tertiary/aromatic N) is 2. The summed E-state index contributed by atoms with van der Waals surface area (Å²) in [5, 5.41) is 5.28. The van der Waals surface area contributed by atoms with Crippen molar-refractivity contribution in [3.05, 3.63) is 45.6 Å². The van der Waals surface area contributed by atoms with Crippen LogP contribution in [-0.4, -0.2) is 9.78 Å². The third kappa shape index (κ3) is 2.31. The van der Waals surface area contributed by atoms with Gasteiger partial charge in [0.1, 0.15) is 5.82 Å². The minimum Gasteiger partial charge on any atom is -0.382 e. The number of anilines is 1. The van der Waals surface area contributed by atoms with Crippen molar-refractivity contribution >= 4 is 29.0 Å². The minimum atomic E-state index is 0.552. The summed E-state index contributed by atoms with van der Waals surface area (Å²) in [6.45, 7) is 2.56. The van der Waals surface area contributed by atoms with Crippen LogP contribution in [0.5, 0.6) is 0 Å². The molecule has 16 heavy (non-hydrogen) atoms. The van der Waals surface area contributed by atoms with E-state index in [1.165, 1.54) is 0 Å². The van der Waals surface area contributed by atoms with Crippen LogP contribution in [-0.2, 0) is 6.54 Å². The van der Waals surface area contributed by atoms with Crippen LogP contribution < -0.4 is 5.73 Å². The summed E-state index contributed by atoms with van der Waals surface area (Å²) >= 11 is 11.8. The highest BCUT2D eigenvalue weighted by atomic mass is 35.5. The zero-order chi connectivity index (χ0) is 11.7. The van der Waals surface area contributed by atoms with Crippen molar-refractivity contribution in [1.29, 1.82) is 0 Å². The Balaban J connectivity index is 2.23. The number of nitrogen functional groups attached to an aromatic ring is 1. The summed E-state index contributed by atoms with van der Waals surface area (Å²) in [5.74, 6) is 0.556. The lowest BCUT2D eigenvalue weighted by molar-refractivity contribution is 0.690. The second-order valence-electron chi connectivity index (χ2n) is 3.64. The highest BCUT2D eigenvalue weighted by Crippen LogP contribution is 2.23. The maximum absolute atomic E-state index is 5.93. The van der Waals surface area contributed by atoms with E-state index in [1.54, 1.807) is 10.7 Å². The predicted octanol–water partition coefficient (Wildman–Crippen LogP) is 3.13. The van der Waals surface area contributed by atoms with E-state index in [0.29, 0.717) is 22.4 Å². The van der Waals surface area contributed by atoms with Crippen LogP contribution in [0.15, 0.2) is 24.4 Å². The molecule has 0 atom stereocenters. The van der Waals surface area contributed by atoms with Gasteiger partial charge in [-0.1, -0.05) is 29.3 Å². The summed E-state index contributed by atoms with van der Waals surface area (Å²) in [5.41, 5.74) is 7.68. The van der Waals surface area contributed by atoms with Gasteiger partial charge in [0.05, 0.1) is 16.6 Å². The molecule has 84 valence electrons. The highest BCUT2D eigenvalue weighted by Gasteiger charge is 2.03. The Morgan fingerprint density at radius 3 is 2.62 bits per heavy atom. The summed E-state index contributed by atoms with van der Waals surface area (Å²) < 4.78 is 1.78. The number of halogens is 2. The molecule has 0 fully saturated rings. The number of benzene rings is 1. The second-order valence-corrected chi connectivity index (χ2v) is 4.46.